The molecule has 3 rings (SSSR count). The van der Waals surface area contributed by atoms with Gasteiger partial charge in [0, 0.05) is 23.7 Å². The van der Waals surface area contributed by atoms with Gasteiger partial charge < -0.3 is 4.74 Å². The molecule has 1 nitrogen and oxygen atoms in total. The average molecular weight is 291 g/mol. The van der Waals surface area contributed by atoms with Gasteiger partial charge >= 0.3 is 0 Å². The molecule has 1 heterocycles. The van der Waals surface area contributed by atoms with E-state index in [1.807, 2.05) is 0 Å². The van der Waals surface area contributed by atoms with E-state index in [0.717, 1.165) is 31.1 Å². The summed E-state index contributed by atoms with van der Waals surface area (Å²) >= 11 is 6.40. The van der Waals surface area contributed by atoms with Gasteiger partial charge in [0.25, 0.3) is 0 Å². The van der Waals surface area contributed by atoms with Crippen molar-refractivity contribution in [2.24, 2.45) is 0 Å². The first kappa shape index (κ1) is 14.2. The molecule has 1 saturated heterocycles. The maximum absolute atomic E-state index is 6.40. The second kappa shape index (κ2) is 5.91. The van der Waals surface area contributed by atoms with Crippen molar-refractivity contribution in [1.82, 2.24) is 0 Å². The number of ether oxygens (including phenoxy) is 1. The van der Waals surface area contributed by atoms with E-state index >= 15 is 0 Å². The van der Waals surface area contributed by atoms with Gasteiger partial charge in [-0.3, -0.25) is 0 Å². The Bertz CT molecular complexity index is 482. The lowest BCUT2D eigenvalue weighted by atomic mass is 9.73. The van der Waals surface area contributed by atoms with Gasteiger partial charge in [0.15, 0.2) is 0 Å². The average Bonchev–Trinajstić information content (AvgIpc) is 3.01. The van der Waals surface area contributed by atoms with Crippen molar-refractivity contribution in [3.8, 4) is 0 Å². The van der Waals surface area contributed by atoms with E-state index in [0.29, 0.717) is 5.92 Å². The van der Waals surface area contributed by atoms with Crippen LogP contribution in [0.25, 0.3) is 0 Å². The van der Waals surface area contributed by atoms with E-state index in [-0.39, 0.29) is 5.41 Å². The van der Waals surface area contributed by atoms with Crippen LogP contribution in [0.3, 0.4) is 0 Å². The molecule has 2 aliphatic rings. The molecule has 20 heavy (non-hydrogen) atoms. The third-order valence-corrected chi connectivity index (χ3v) is 5.32. The molecule has 0 spiro atoms. The van der Waals surface area contributed by atoms with Crippen molar-refractivity contribution < 1.29 is 4.74 Å². The zero-order valence-electron chi connectivity index (χ0n) is 12.0. The zero-order chi connectivity index (χ0) is 14.0. The summed E-state index contributed by atoms with van der Waals surface area (Å²) in [5.74, 6) is 0.703. The fraction of sp³-hybridized carbons (Fsp3) is 0.556. The van der Waals surface area contributed by atoms with E-state index in [4.69, 9.17) is 16.3 Å². The first-order valence-corrected chi connectivity index (χ1v) is 8.14. The van der Waals surface area contributed by atoms with Crippen LogP contribution >= 0.6 is 11.6 Å². The molecule has 0 N–H and O–H groups in total. The summed E-state index contributed by atoms with van der Waals surface area (Å²) in [5.41, 5.74) is 2.82. The molecule has 0 aromatic heterocycles. The van der Waals surface area contributed by atoms with Gasteiger partial charge in [-0.1, -0.05) is 36.6 Å². The quantitative estimate of drug-likeness (QED) is 0.693. The monoisotopic (exact) mass is 290 g/mol. The van der Waals surface area contributed by atoms with E-state index < -0.39 is 0 Å². The minimum Gasteiger partial charge on any atom is -0.381 e. The highest BCUT2D eigenvalue weighted by atomic mass is 35.5. The molecule has 0 atom stereocenters. The summed E-state index contributed by atoms with van der Waals surface area (Å²) in [6, 6.07) is 6.68. The van der Waals surface area contributed by atoms with Crippen LogP contribution < -0.4 is 0 Å². The van der Waals surface area contributed by atoms with Crippen LogP contribution in [0.4, 0.5) is 0 Å². The highest BCUT2D eigenvalue weighted by molar-refractivity contribution is 6.30. The Morgan fingerprint density at radius 3 is 2.50 bits per heavy atom. The normalized spacial score (nSPS) is 22.9. The van der Waals surface area contributed by atoms with Gasteiger partial charge in [0.05, 0.1) is 0 Å². The van der Waals surface area contributed by atoms with E-state index in [1.54, 1.807) is 0 Å². The first-order chi connectivity index (χ1) is 9.73. The molecule has 0 amide bonds. The van der Waals surface area contributed by atoms with Crippen molar-refractivity contribution >= 4 is 11.6 Å². The van der Waals surface area contributed by atoms with Crippen molar-refractivity contribution in [2.45, 2.75) is 49.9 Å². The lowest BCUT2D eigenvalue weighted by molar-refractivity contribution is 0.0654. The number of allylic oxidation sites excluding steroid dienone is 1. The summed E-state index contributed by atoms with van der Waals surface area (Å²) in [6.45, 7) is 5.72. The molecule has 108 valence electrons. The minimum absolute atomic E-state index is 0.0521. The highest BCUT2D eigenvalue weighted by Gasteiger charge is 2.32. The first-order valence-electron chi connectivity index (χ1n) is 7.76. The Morgan fingerprint density at radius 2 is 1.85 bits per heavy atom. The fourth-order valence-corrected chi connectivity index (χ4v) is 3.98. The summed E-state index contributed by atoms with van der Waals surface area (Å²) in [6.07, 6.45) is 9.47. The topological polar surface area (TPSA) is 9.23 Å². The van der Waals surface area contributed by atoms with Crippen molar-refractivity contribution in [3.05, 3.63) is 47.0 Å². The third kappa shape index (κ3) is 2.66. The molecule has 0 bridgehead atoms. The lowest BCUT2D eigenvalue weighted by Gasteiger charge is -2.35. The van der Waals surface area contributed by atoms with Crippen LogP contribution in [0.5, 0.6) is 0 Å². The molecule has 0 unspecified atom stereocenters. The second-order valence-corrected chi connectivity index (χ2v) is 6.66. The van der Waals surface area contributed by atoms with Crippen molar-refractivity contribution in [1.29, 1.82) is 0 Å². The Balaban J connectivity index is 1.97. The Morgan fingerprint density at radius 1 is 1.15 bits per heavy atom. The van der Waals surface area contributed by atoms with Crippen LogP contribution in [-0.2, 0) is 10.2 Å². The predicted molar refractivity (Wildman–Crippen MR) is 84.6 cm³/mol. The number of hydrogen-bond donors (Lipinski definition) is 0. The molecule has 1 aliphatic carbocycles. The third-order valence-electron chi connectivity index (χ3n) is 5.10. The number of rotatable bonds is 3. The van der Waals surface area contributed by atoms with Gasteiger partial charge in [0.2, 0.25) is 0 Å². The Kier molecular flexibility index (Phi) is 4.18. The molecule has 1 aromatic rings. The standard InChI is InChI=1S/C18H23ClO/c1-2-18(7-9-20-10-8-18)16-11-15(12-17(19)13-16)14-5-3-4-6-14/h2,11-14H,1,3-10H2. The smallest absolute Gasteiger partial charge is 0.0477 e. The summed E-state index contributed by atoms with van der Waals surface area (Å²) in [4.78, 5) is 0. The van der Waals surface area contributed by atoms with Crippen molar-refractivity contribution in [3.63, 3.8) is 0 Å². The van der Waals surface area contributed by atoms with E-state index in [1.165, 1.54) is 36.8 Å². The number of hydrogen-bond acceptors (Lipinski definition) is 1. The van der Waals surface area contributed by atoms with Gasteiger partial charge in [-0.25, -0.2) is 0 Å². The summed E-state index contributed by atoms with van der Waals surface area (Å²) in [7, 11) is 0. The lowest BCUT2D eigenvalue weighted by Crippen LogP contribution is -2.31. The SMILES string of the molecule is C=CC1(c2cc(Cl)cc(C3CCCC3)c2)CCOCC1. The maximum Gasteiger partial charge on any atom is 0.0477 e. The van der Waals surface area contributed by atoms with Crippen LogP contribution in [0, 0.1) is 0 Å². The molecule has 1 saturated carbocycles. The number of benzene rings is 1. The second-order valence-electron chi connectivity index (χ2n) is 6.23. The maximum atomic E-state index is 6.40. The largest absolute Gasteiger partial charge is 0.381 e. The molecule has 1 aromatic carbocycles. The molecule has 1 aliphatic heterocycles. The Hall–Kier alpha value is -0.790. The summed E-state index contributed by atoms with van der Waals surface area (Å²) < 4.78 is 5.53. The molecule has 2 fully saturated rings. The van der Waals surface area contributed by atoms with E-state index in [9.17, 15) is 0 Å². The van der Waals surface area contributed by atoms with E-state index in [2.05, 4.69) is 30.9 Å². The minimum atomic E-state index is 0.0521. The fourth-order valence-electron chi connectivity index (χ4n) is 3.74. The number of halogens is 1. The zero-order valence-corrected chi connectivity index (χ0v) is 12.8. The van der Waals surface area contributed by atoms with Gasteiger partial charge in [-0.05, 0) is 54.9 Å². The molecule has 2 heteroatoms. The molecular weight excluding hydrogens is 268 g/mol. The predicted octanol–water partition coefficient (Wildman–Crippen LogP) is 5.23. The van der Waals surface area contributed by atoms with Crippen molar-refractivity contribution in [2.75, 3.05) is 13.2 Å². The van der Waals surface area contributed by atoms with Crippen LogP contribution in [0.1, 0.15) is 55.6 Å². The highest BCUT2D eigenvalue weighted by Crippen LogP contribution is 2.41. The van der Waals surface area contributed by atoms with Crippen LogP contribution in [0.15, 0.2) is 30.9 Å². The molecule has 0 radical (unpaired) electrons. The van der Waals surface area contributed by atoms with Gasteiger partial charge in [-0.15, -0.1) is 6.58 Å². The Labute approximate surface area is 127 Å². The van der Waals surface area contributed by atoms with Crippen LogP contribution in [-0.4, -0.2) is 13.2 Å². The van der Waals surface area contributed by atoms with Crippen LogP contribution in [0.2, 0.25) is 5.02 Å². The van der Waals surface area contributed by atoms with Gasteiger partial charge in [-0.2, -0.15) is 0 Å². The summed E-state index contributed by atoms with van der Waals surface area (Å²) in [5, 5.41) is 0.872. The van der Waals surface area contributed by atoms with Gasteiger partial charge in [0.1, 0.15) is 0 Å². The molecular formula is C18H23ClO.